The second-order valence-electron chi connectivity index (χ2n) is 6.68. The van der Waals surface area contributed by atoms with E-state index >= 15 is 0 Å². The van der Waals surface area contributed by atoms with Gasteiger partial charge in [-0.1, -0.05) is 42.5 Å². The zero-order chi connectivity index (χ0) is 22.1. The van der Waals surface area contributed by atoms with E-state index in [1.165, 1.54) is 0 Å². The molecule has 30 heavy (non-hydrogen) atoms. The van der Waals surface area contributed by atoms with Gasteiger partial charge >= 0.3 is 12.4 Å². The summed E-state index contributed by atoms with van der Waals surface area (Å²) in [5.74, 6) is 0. The first-order valence-electron chi connectivity index (χ1n) is 8.80. The minimum absolute atomic E-state index is 0.0698. The topological polar surface area (TPSA) is 24.1 Å². The van der Waals surface area contributed by atoms with E-state index in [-0.39, 0.29) is 17.2 Å². The average molecular weight is 442 g/mol. The predicted molar refractivity (Wildman–Crippen MR) is 108 cm³/mol. The molecule has 0 radical (unpaired) electrons. The Labute approximate surface area is 173 Å². The molecular weight excluding hydrogens is 426 g/mol. The normalized spacial score (nSPS) is 13.2. The third-order valence-corrected chi connectivity index (χ3v) is 4.70. The minimum atomic E-state index is -4.93. The summed E-state index contributed by atoms with van der Waals surface area (Å²) in [4.78, 5) is 0. The van der Waals surface area contributed by atoms with Crippen molar-refractivity contribution in [2.45, 2.75) is 25.3 Å². The van der Waals surface area contributed by atoms with E-state index in [0.29, 0.717) is 12.1 Å². The molecule has 3 aromatic carbocycles. The molecule has 1 atom stereocenters. The van der Waals surface area contributed by atoms with Gasteiger partial charge in [0.25, 0.3) is 0 Å². The van der Waals surface area contributed by atoms with E-state index in [4.69, 9.17) is 12.2 Å². The van der Waals surface area contributed by atoms with Crippen LogP contribution < -0.4 is 10.6 Å². The number of thiocarbonyl (C=S) groups is 1. The monoisotopic (exact) mass is 442 g/mol. The van der Waals surface area contributed by atoms with E-state index in [0.717, 1.165) is 16.3 Å². The van der Waals surface area contributed by atoms with Crippen LogP contribution in [0.15, 0.2) is 60.7 Å². The van der Waals surface area contributed by atoms with Gasteiger partial charge in [0, 0.05) is 5.69 Å². The zero-order valence-corrected chi connectivity index (χ0v) is 16.3. The van der Waals surface area contributed by atoms with Crippen molar-refractivity contribution < 1.29 is 26.3 Å². The highest BCUT2D eigenvalue weighted by atomic mass is 32.1. The van der Waals surface area contributed by atoms with E-state index in [1.807, 2.05) is 42.5 Å². The maximum atomic E-state index is 13.0. The Morgan fingerprint density at radius 2 is 1.40 bits per heavy atom. The van der Waals surface area contributed by atoms with Crippen molar-refractivity contribution in [1.29, 1.82) is 0 Å². The molecule has 0 unspecified atom stereocenters. The first kappa shape index (κ1) is 21.9. The fourth-order valence-corrected chi connectivity index (χ4v) is 3.39. The van der Waals surface area contributed by atoms with Gasteiger partial charge in [0.05, 0.1) is 17.2 Å². The molecule has 0 saturated carbocycles. The number of halogens is 6. The second kappa shape index (κ2) is 8.14. The molecule has 0 amide bonds. The molecule has 0 saturated heterocycles. The van der Waals surface area contributed by atoms with Crippen LogP contribution in [-0.2, 0) is 12.4 Å². The fraction of sp³-hybridized carbons (Fsp3) is 0.190. The molecule has 0 fully saturated rings. The van der Waals surface area contributed by atoms with E-state index in [9.17, 15) is 26.3 Å². The maximum Gasteiger partial charge on any atom is 0.416 e. The van der Waals surface area contributed by atoms with E-state index < -0.39 is 29.2 Å². The number of rotatable bonds is 3. The van der Waals surface area contributed by atoms with Crippen molar-refractivity contribution >= 4 is 33.8 Å². The quantitative estimate of drug-likeness (QED) is 0.340. The number of anilines is 1. The number of fused-ring (bicyclic) bond motifs is 1. The molecule has 2 N–H and O–H groups in total. The molecule has 0 aliphatic rings. The Morgan fingerprint density at radius 3 is 2.00 bits per heavy atom. The Balaban J connectivity index is 1.83. The SMILES string of the molecule is C[C@@H](NC(=S)Nc1cc(C(F)(F)F)cc(C(F)(F)F)c1)c1cccc2ccccc12. The lowest BCUT2D eigenvalue weighted by Crippen LogP contribution is -2.31. The molecule has 0 heterocycles. The van der Waals surface area contributed by atoms with Gasteiger partial charge in [-0.3, -0.25) is 0 Å². The van der Waals surface area contributed by atoms with Gasteiger partial charge in [0.1, 0.15) is 0 Å². The van der Waals surface area contributed by atoms with Crippen molar-refractivity contribution in [2.75, 3.05) is 5.32 Å². The summed E-state index contributed by atoms with van der Waals surface area (Å²) in [6.45, 7) is 1.79. The lowest BCUT2D eigenvalue weighted by molar-refractivity contribution is -0.143. The second-order valence-corrected chi connectivity index (χ2v) is 7.09. The largest absolute Gasteiger partial charge is 0.416 e. The molecule has 2 nitrogen and oxygen atoms in total. The highest BCUT2D eigenvalue weighted by Gasteiger charge is 2.37. The lowest BCUT2D eigenvalue weighted by Gasteiger charge is -2.20. The molecule has 0 bridgehead atoms. The van der Waals surface area contributed by atoms with E-state index in [1.54, 1.807) is 6.92 Å². The summed E-state index contributed by atoms with van der Waals surface area (Å²) in [7, 11) is 0. The van der Waals surface area contributed by atoms with Crippen molar-refractivity contribution in [2.24, 2.45) is 0 Å². The Morgan fingerprint density at radius 1 is 0.833 bits per heavy atom. The summed E-state index contributed by atoms with van der Waals surface area (Å²) in [5, 5.41) is 7.21. The third kappa shape index (κ3) is 5.02. The summed E-state index contributed by atoms with van der Waals surface area (Å²) < 4.78 is 78.1. The lowest BCUT2D eigenvalue weighted by atomic mass is 10.00. The van der Waals surface area contributed by atoms with Crippen LogP contribution in [0, 0.1) is 0 Å². The first-order chi connectivity index (χ1) is 13.9. The zero-order valence-electron chi connectivity index (χ0n) is 15.5. The van der Waals surface area contributed by atoms with Gasteiger partial charge in [0.15, 0.2) is 5.11 Å². The highest BCUT2D eigenvalue weighted by Crippen LogP contribution is 2.37. The summed E-state index contributed by atoms with van der Waals surface area (Å²) in [5.41, 5.74) is -2.34. The number of benzene rings is 3. The van der Waals surface area contributed by atoms with E-state index in [2.05, 4.69) is 10.6 Å². The summed E-state index contributed by atoms with van der Waals surface area (Å²) >= 11 is 5.12. The average Bonchev–Trinajstić information content (AvgIpc) is 2.65. The van der Waals surface area contributed by atoms with Crippen molar-refractivity contribution in [3.05, 3.63) is 77.4 Å². The molecule has 0 aromatic heterocycles. The van der Waals surface area contributed by atoms with Crippen LogP contribution in [-0.4, -0.2) is 5.11 Å². The number of alkyl halides is 6. The van der Waals surface area contributed by atoms with Crippen molar-refractivity contribution in [3.8, 4) is 0 Å². The smallest absolute Gasteiger partial charge is 0.356 e. The number of hydrogen-bond acceptors (Lipinski definition) is 1. The summed E-state index contributed by atoms with van der Waals surface area (Å²) in [6.07, 6.45) is -9.86. The minimum Gasteiger partial charge on any atom is -0.356 e. The van der Waals surface area contributed by atoms with Crippen LogP contribution in [0.4, 0.5) is 32.0 Å². The van der Waals surface area contributed by atoms with Crippen LogP contribution >= 0.6 is 12.2 Å². The standard InChI is InChI=1S/C21H16F6N2S/c1-12(17-8-4-6-13-5-2-3-7-18(13)17)28-19(30)29-16-10-14(20(22,23)24)9-15(11-16)21(25,26)27/h2-12H,1H3,(H2,28,29,30)/t12-/m1/s1. The summed E-state index contributed by atoms with van der Waals surface area (Å²) in [6, 6.07) is 14.2. The fourth-order valence-electron chi connectivity index (χ4n) is 3.10. The highest BCUT2D eigenvalue weighted by molar-refractivity contribution is 7.80. The Kier molecular flexibility index (Phi) is 5.94. The Bertz CT molecular complexity index is 1040. The van der Waals surface area contributed by atoms with Gasteiger partial charge in [-0.25, -0.2) is 0 Å². The van der Waals surface area contributed by atoms with Crippen LogP contribution in [0.2, 0.25) is 0 Å². The first-order valence-corrected chi connectivity index (χ1v) is 9.20. The molecule has 158 valence electrons. The molecule has 3 rings (SSSR count). The number of hydrogen-bond donors (Lipinski definition) is 2. The molecular formula is C21H16F6N2S. The number of nitrogens with one attached hydrogen (secondary N) is 2. The molecule has 0 aliphatic carbocycles. The van der Waals surface area contributed by atoms with Crippen LogP contribution in [0.3, 0.4) is 0 Å². The van der Waals surface area contributed by atoms with Crippen LogP contribution in [0.1, 0.15) is 29.7 Å². The predicted octanol–water partition coefficient (Wildman–Crippen LogP) is 6.93. The molecule has 3 aromatic rings. The molecule has 9 heteroatoms. The van der Waals surface area contributed by atoms with Gasteiger partial charge < -0.3 is 10.6 Å². The van der Waals surface area contributed by atoms with Crippen molar-refractivity contribution in [1.82, 2.24) is 5.32 Å². The molecule has 0 spiro atoms. The van der Waals surface area contributed by atoms with Crippen molar-refractivity contribution in [3.63, 3.8) is 0 Å². The van der Waals surface area contributed by atoms with Gasteiger partial charge in [-0.15, -0.1) is 0 Å². The van der Waals surface area contributed by atoms with Gasteiger partial charge in [0.2, 0.25) is 0 Å². The Hall–Kier alpha value is -2.81. The van der Waals surface area contributed by atoms with Gasteiger partial charge in [-0.05, 0) is 53.7 Å². The maximum absolute atomic E-state index is 13.0. The van der Waals surface area contributed by atoms with Crippen LogP contribution in [0.25, 0.3) is 10.8 Å². The van der Waals surface area contributed by atoms with Gasteiger partial charge in [-0.2, -0.15) is 26.3 Å². The third-order valence-electron chi connectivity index (χ3n) is 4.48. The molecule has 0 aliphatic heterocycles. The van der Waals surface area contributed by atoms with Crippen LogP contribution in [0.5, 0.6) is 0 Å².